The molecule has 26 heavy (non-hydrogen) atoms. The Kier molecular flexibility index (Phi) is 10.5. The topological polar surface area (TPSA) is 39.7 Å². The predicted octanol–water partition coefficient (Wildman–Crippen LogP) is 3.93. The van der Waals surface area contributed by atoms with E-state index in [0.29, 0.717) is 24.1 Å². The maximum absolute atomic E-state index is 13.7. The number of nitrogens with one attached hydrogen (secondary N) is 2. The molecule has 4 nitrogen and oxygen atoms in total. The minimum Gasteiger partial charge on any atom is -0.357 e. The summed E-state index contributed by atoms with van der Waals surface area (Å²) in [5, 5.41) is 6.75. The first-order valence-corrected chi connectivity index (χ1v) is 9.50. The fourth-order valence-corrected chi connectivity index (χ4v) is 3.22. The maximum atomic E-state index is 13.7. The molecule has 1 atom stereocenters. The number of guanidine groups is 1. The van der Waals surface area contributed by atoms with Gasteiger partial charge in [-0.05, 0) is 70.2 Å². The second kappa shape index (κ2) is 11.7. The van der Waals surface area contributed by atoms with E-state index in [1.807, 2.05) is 12.1 Å². The summed E-state index contributed by atoms with van der Waals surface area (Å²) in [6.45, 7) is 12.9. The van der Waals surface area contributed by atoms with Gasteiger partial charge >= 0.3 is 0 Å². The van der Waals surface area contributed by atoms with Crippen molar-refractivity contribution in [2.24, 2.45) is 10.9 Å². The third-order valence-corrected chi connectivity index (χ3v) is 4.84. The van der Waals surface area contributed by atoms with Gasteiger partial charge in [0.2, 0.25) is 0 Å². The van der Waals surface area contributed by atoms with Crippen molar-refractivity contribution in [2.45, 2.75) is 53.1 Å². The van der Waals surface area contributed by atoms with Crippen LogP contribution in [0.25, 0.3) is 0 Å². The first-order valence-electron chi connectivity index (χ1n) is 9.50. The summed E-state index contributed by atoms with van der Waals surface area (Å²) >= 11 is 0. The van der Waals surface area contributed by atoms with Gasteiger partial charge in [0.25, 0.3) is 0 Å². The van der Waals surface area contributed by atoms with Gasteiger partial charge in [0.05, 0.1) is 6.54 Å². The Balaban J connectivity index is 0.00000338. The van der Waals surface area contributed by atoms with Crippen molar-refractivity contribution in [3.63, 3.8) is 0 Å². The molecule has 0 amide bonds. The molecule has 1 heterocycles. The van der Waals surface area contributed by atoms with E-state index >= 15 is 0 Å². The van der Waals surface area contributed by atoms with Gasteiger partial charge in [-0.3, -0.25) is 0 Å². The van der Waals surface area contributed by atoms with Crippen LogP contribution in [0.15, 0.2) is 23.2 Å². The Morgan fingerprint density at radius 2 is 2.12 bits per heavy atom. The van der Waals surface area contributed by atoms with Crippen molar-refractivity contribution in [1.29, 1.82) is 0 Å². The van der Waals surface area contributed by atoms with Crippen molar-refractivity contribution in [1.82, 2.24) is 15.5 Å². The summed E-state index contributed by atoms with van der Waals surface area (Å²) in [7, 11) is 0. The number of piperidine rings is 1. The Bertz CT molecular complexity index is 577. The van der Waals surface area contributed by atoms with Crippen molar-refractivity contribution in [3.8, 4) is 0 Å². The second-order valence-corrected chi connectivity index (χ2v) is 7.26. The lowest BCUT2D eigenvalue weighted by molar-refractivity contribution is 0.141. The zero-order valence-corrected chi connectivity index (χ0v) is 18.8. The second-order valence-electron chi connectivity index (χ2n) is 7.26. The average molecular weight is 476 g/mol. The molecular weight excluding hydrogens is 442 g/mol. The van der Waals surface area contributed by atoms with Gasteiger partial charge in [0.15, 0.2) is 5.96 Å². The van der Waals surface area contributed by atoms with Gasteiger partial charge in [-0.15, -0.1) is 24.0 Å². The molecule has 0 aromatic heterocycles. The number of nitrogens with zero attached hydrogens (tertiary/aromatic N) is 2. The average Bonchev–Trinajstić information content (AvgIpc) is 2.60. The molecule has 1 aromatic carbocycles. The van der Waals surface area contributed by atoms with Crippen molar-refractivity contribution >= 4 is 29.9 Å². The number of aliphatic imine (C=N–C) groups is 1. The molecule has 1 fully saturated rings. The smallest absolute Gasteiger partial charge is 0.191 e. The summed E-state index contributed by atoms with van der Waals surface area (Å²) in [4.78, 5) is 7.16. The summed E-state index contributed by atoms with van der Waals surface area (Å²) < 4.78 is 13.7. The number of halogens is 2. The maximum Gasteiger partial charge on any atom is 0.191 e. The van der Waals surface area contributed by atoms with Gasteiger partial charge in [-0.25, -0.2) is 9.38 Å². The van der Waals surface area contributed by atoms with Crippen LogP contribution in [0.2, 0.25) is 0 Å². The molecule has 0 spiro atoms. The number of aryl methyl sites for hydroxylation is 1. The lowest BCUT2D eigenvalue weighted by Crippen LogP contribution is -2.46. The Hall–Kier alpha value is -0.890. The van der Waals surface area contributed by atoms with Crippen LogP contribution < -0.4 is 10.6 Å². The largest absolute Gasteiger partial charge is 0.357 e. The zero-order chi connectivity index (χ0) is 18.2. The quantitative estimate of drug-likeness (QED) is 0.372. The molecule has 1 aromatic rings. The van der Waals surface area contributed by atoms with E-state index in [1.165, 1.54) is 19.4 Å². The van der Waals surface area contributed by atoms with Gasteiger partial charge in [0.1, 0.15) is 5.82 Å². The summed E-state index contributed by atoms with van der Waals surface area (Å²) in [6.07, 6.45) is 2.53. The van der Waals surface area contributed by atoms with Crippen LogP contribution in [-0.2, 0) is 6.54 Å². The molecule has 2 N–H and O–H groups in total. The third-order valence-electron chi connectivity index (χ3n) is 4.84. The van der Waals surface area contributed by atoms with E-state index in [4.69, 9.17) is 0 Å². The highest BCUT2D eigenvalue weighted by atomic mass is 127. The molecule has 0 aliphatic carbocycles. The van der Waals surface area contributed by atoms with Crippen molar-refractivity contribution in [2.75, 3.05) is 26.2 Å². The van der Waals surface area contributed by atoms with Crippen molar-refractivity contribution < 1.29 is 4.39 Å². The molecule has 0 bridgehead atoms. The molecule has 2 rings (SSSR count). The minimum atomic E-state index is -0.165. The van der Waals surface area contributed by atoms with Crippen LogP contribution in [-0.4, -0.2) is 43.1 Å². The molecule has 1 aliphatic heterocycles. The lowest BCUT2D eigenvalue weighted by atomic mass is 9.97. The number of hydrogen-bond acceptors (Lipinski definition) is 2. The molecule has 1 aliphatic rings. The monoisotopic (exact) mass is 476 g/mol. The Morgan fingerprint density at radius 3 is 2.77 bits per heavy atom. The van der Waals surface area contributed by atoms with Crippen LogP contribution in [0, 0.1) is 18.7 Å². The molecule has 0 radical (unpaired) electrons. The fraction of sp³-hybridized carbons (Fsp3) is 0.650. The van der Waals surface area contributed by atoms with E-state index < -0.39 is 0 Å². The SMILES string of the molecule is CCNC(=NCc1ccc(C)c(F)c1)NCC1CCCN(C(C)C)C1.I. The van der Waals surface area contributed by atoms with E-state index in [9.17, 15) is 4.39 Å². The summed E-state index contributed by atoms with van der Waals surface area (Å²) in [5.74, 6) is 1.30. The molecule has 1 saturated heterocycles. The van der Waals surface area contributed by atoms with Crippen LogP contribution >= 0.6 is 24.0 Å². The summed E-state index contributed by atoms with van der Waals surface area (Å²) in [5.41, 5.74) is 1.56. The van der Waals surface area contributed by atoms with Gasteiger partial charge in [0, 0.05) is 25.7 Å². The van der Waals surface area contributed by atoms with Crippen LogP contribution in [0.4, 0.5) is 4.39 Å². The van der Waals surface area contributed by atoms with E-state index in [0.717, 1.165) is 31.2 Å². The fourth-order valence-electron chi connectivity index (χ4n) is 3.22. The third kappa shape index (κ3) is 7.39. The Labute approximate surface area is 175 Å². The molecule has 6 heteroatoms. The number of likely N-dealkylation sites (tertiary alicyclic amines) is 1. The van der Waals surface area contributed by atoms with Crippen LogP contribution in [0.3, 0.4) is 0 Å². The number of hydrogen-bond donors (Lipinski definition) is 2. The Morgan fingerprint density at radius 1 is 1.35 bits per heavy atom. The first-order chi connectivity index (χ1) is 12.0. The zero-order valence-electron chi connectivity index (χ0n) is 16.5. The molecule has 148 valence electrons. The van der Waals surface area contributed by atoms with E-state index in [-0.39, 0.29) is 29.8 Å². The lowest BCUT2D eigenvalue weighted by Gasteiger charge is -2.35. The number of benzene rings is 1. The van der Waals surface area contributed by atoms with Gasteiger partial charge < -0.3 is 15.5 Å². The van der Waals surface area contributed by atoms with Crippen molar-refractivity contribution in [3.05, 3.63) is 35.1 Å². The van der Waals surface area contributed by atoms with E-state index in [1.54, 1.807) is 13.0 Å². The predicted molar refractivity (Wildman–Crippen MR) is 119 cm³/mol. The standard InChI is InChI=1S/C20H33FN4.HI/c1-5-22-20(23-12-17-9-8-16(4)19(21)11-17)24-13-18-7-6-10-25(14-18)15(2)3;/h8-9,11,15,18H,5-7,10,12-14H2,1-4H3,(H2,22,23,24);1H. The highest BCUT2D eigenvalue weighted by Crippen LogP contribution is 2.17. The molecular formula is C20H34FIN4. The first kappa shape index (κ1) is 23.1. The molecule has 0 saturated carbocycles. The minimum absolute atomic E-state index is 0. The highest BCUT2D eigenvalue weighted by Gasteiger charge is 2.21. The summed E-state index contributed by atoms with van der Waals surface area (Å²) in [6, 6.07) is 5.93. The van der Waals surface area contributed by atoms with E-state index in [2.05, 4.69) is 41.3 Å². The van der Waals surface area contributed by atoms with Gasteiger partial charge in [-0.2, -0.15) is 0 Å². The van der Waals surface area contributed by atoms with Crippen LogP contribution in [0.5, 0.6) is 0 Å². The van der Waals surface area contributed by atoms with Gasteiger partial charge in [-0.1, -0.05) is 12.1 Å². The normalized spacial score (nSPS) is 18.5. The molecule has 1 unspecified atom stereocenters. The highest BCUT2D eigenvalue weighted by molar-refractivity contribution is 14.0. The number of rotatable bonds is 6. The van der Waals surface area contributed by atoms with Crippen LogP contribution in [0.1, 0.15) is 44.7 Å².